The van der Waals surface area contributed by atoms with Gasteiger partial charge in [-0.15, -0.1) is 0 Å². The molecule has 1 aromatic carbocycles. The van der Waals surface area contributed by atoms with Gasteiger partial charge in [0.05, 0.1) is 12.7 Å². The second kappa shape index (κ2) is 3.96. The molecular weight excluding hydrogens is 205 g/mol. The Morgan fingerprint density at radius 2 is 2.12 bits per heavy atom. The van der Waals surface area contributed by atoms with E-state index < -0.39 is 0 Å². The van der Waals surface area contributed by atoms with Crippen LogP contribution in [0.3, 0.4) is 0 Å². The van der Waals surface area contributed by atoms with Gasteiger partial charge < -0.3 is 10.3 Å². The van der Waals surface area contributed by atoms with Crippen molar-refractivity contribution in [2.24, 2.45) is 0 Å². The Bertz CT molecular complexity index is 497. The van der Waals surface area contributed by atoms with Crippen LogP contribution >= 0.6 is 0 Å². The number of benzene rings is 1. The summed E-state index contributed by atoms with van der Waals surface area (Å²) in [5.41, 5.74) is 8.40. The Kier molecular flexibility index (Phi) is 2.64. The van der Waals surface area contributed by atoms with Crippen molar-refractivity contribution in [2.75, 3.05) is 5.73 Å². The number of aromatic nitrogens is 2. The lowest BCUT2D eigenvalue weighted by molar-refractivity contribution is 0.616. The van der Waals surface area contributed by atoms with E-state index in [0.717, 1.165) is 11.3 Å². The molecule has 2 rings (SSSR count). The van der Waals surface area contributed by atoms with Gasteiger partial charge in [0.1, 0.15) is 5.82 Å². The molecule has 1 aromatic heterocycles. The molecule has 0 radical (unpaired) electrons. The third kappa shape index (κ3) is 1.91. The summed E-state index contributed by atoms with van der Waals surface area (Å²) in [5.74, 6) is 0.304. The van der Waals surface area contributed by atoms with Gasteiger partial charge in [-0.2, -0.15) is 0 Å². The molecule has 0 spiro atoms. The molecule has 0 aliphatic heterocycles. The van der Waals surface area contributed by atoms with Crippen molar-refractivity contribution in [3.05, 3.63) is 47.0 Å². The van der Waals surface area contributed by atoms with Gasteiger partial charge in [-0.1, -0.05) is 12.1 Å². The maximum atomic E-state index is 13.1. The second-order valence-corrected chi connectivity index (χ2v) is 3.93. The highest BCUT2D eigenvalue weighted by Gasteiger charge is 2.05. The zero-order chi connectivity index (χ0) is 11.7. The zero-order valence-corrected chi connectivity index (χ0v) is 9.37. The summed E-state index contributed by atoms with van der Waals surface area (Å²) >= 11 is 0. The number of imidazole rings is 1. The second-order valence-electron chi connectivity index (χ2n) is 3.93. The Balaban J connectivity index is 2.31. The number of nitrogen functional groups attached to an aromatic ring is 1. The van der Waals surface area contributed by atoms with Crippen LogP contribution in [0.25, 0.3) is 0 Å². The molecule has 0 bridgehead atoms. The minimum Gasteiger partial charge on any atom is -0.369 e. The molecule has 4 heteroatoms. The first-order chi connectivity index (χ1) is 7.58. The van der Waals surface area contributed by atoms with E-state index in [9.17, 15) is 4.39 Å². The summed E-state index contributed by atoms with van der Waals surface area (Å²) in [6.07, 6.45) is 1.73. The number of nitrogens with two attached hydrogens (primary N) is 1. The molecule has 0 aliphatic carbocycles. The number of hydrogen-bond donors (Lipinski definition) is 1. The molecule has 0 unspecified atom stereocenters. The highest BCUT2D eigenvalue weighted by Crippen LogP contribution is 2.14. The lowest BCUT2D eigenvalue weighted by Gasteiger charge is -2.08. The number of anilines is 1. The van der Waals surface area contributed by atoms with E-state index in [4.69, 9.17) is 5.73 Å². The molecule has 1 heterocycles. The van der Waals surface area contributed by atoms with Crippen LogP contribution in [-0.4, -0.2) is 9.55 Å². The van der Waals surface area contributed by atoms with Gasteiger partial charge in [0.15, 0.2) is 0 Å². The molecule has 2 N–H and O–H groups in total. The quantitative estimate of drug-likeness (QED) is 0.842. The molecule has 0 aliphatic rings. The lowest BCUT2D eigenvalue weighted by Crippen LogP contribution is -2.06. The van der Waals surface area contributed by atoms with Crippen LogP contribution in [0.5, 0.6) is 0 Å². The van der Waals surface area contributed by atoms with E-state index in [1.54, 1.807) is 19.2 Å². The van der Waals surface area contributed by atoms with Crippen LogP contribution in [0.1, 0.15) is 16.8 Å². The van der Waals surface area contributed by atoms with Gasteiger partial charge in [0.2, 0.25) is 5.95 Å². The van der Waals surface area contributed by atoms with Crippen LogP contribution in [0.15, 0.2) is 24.4 Å². The minimum absolute atomic E-state index is 0.181. The maximum Gasteiger partial charge on any atom is 0.200 e. The molecule has 2 aromatic rings. The number of aryl methyl sites for hydroxylation is 2. The Labute approximate surface area is 93.7 Å². The normalized spacial score (nSPS) is 10.7. The van der Waals surface area contributed by atoms with E-state index in [1.165, 1.54) is 6.07 Å². The summed E-state index contributed by atoms with van der Waals surface area (Å²) in [4.78, 5) is 4.02. The van der Waals surface area contributed by atoms with Crippen molar-refractivity contribution in [3.8, 4) is 0 Å². The third-order valence-electron chi connectivity index (χ3n) is 2.65. The summed E-state index contributed by atoms with van der Waals surface area (Å²) < 4.78 is 15.0. The third-order valence-corrected chi connectivity index (χ3v) is 2.65. The van der Waals surface area contributed by atoms with Gasteiger partial charge in [-0.05, 0) is 31.0 Å². The largest absolute Gasteiger partial charge is 0.369 e. The fraction of sp³-hybridized carbons (Fsp3) is 0.250. The van der Waals surface area contributed by atoms with Gasteiger partial charge in [-0.25, -0.2) is 9.37 Å². The highest BCUT2D eigenvalue weighted by atomic mass is 19.1. The molecule has 0 saturated heterocycles. The monoisotopic (exact) mass is 219 g/mol. The summed E-state index contributed by atoms with van der Waals surface area (Å²) in [7, 11) is 0. The van der Waals surface area contributed by atoms with Gasteiger partial charge in [-0.3, -0.25) is 0 Å². The summed E-state index contributed by atoms with van der Waals surface area (Å²) in [6.45, 7) is 4.32. The zero-order valence-electron chi connectivity index (χ0n) is 9.37. The Morgan fingerprint density at radius 3 is 2.69 bits per heavy atom. The van der Waals surface area contributed by atoms with E-state index in [0.29, 0.717) is 18.1 Å². The first-order valence-corrected chi connectivity index (χ1v) is 5.10. The van der Waals surface area contributed by atoms with E-state index in [1.807, 2.05) is 17.6 Å². The smallest absolute Gasteiger partial charge is 0.200 e. The fourth-order valence-corrected chi connectivity index (χ4v) is 1.67. The van der Waals surface area contributed by atoms with E-state index in [-0.39, 0.29) is 5.82 Å². The van der Waals surface area contributed by atoms with E-state index in [2.05, 4.69) is 4.98 Å². The van der Waals surface area contributed by atoms with Crippen LogP contribution in [0.4, 0.5) is 10.3 Å². The summed E-state index contributed by atoms with van der Waals surface area (Å²) in [6, 6.07) is 5.07. The average Bonchev–Trinajstić information content (AvgIpc) is 2.55. The van der Waals surface area contributed by atoms with Crippen LogP contribution in [0, 0.1) is 19.7 Å². The van der Waals surface area contributed by atoms with Gasteiger partial charge >= 0.3 is 0 Å². The standard InChI is InChI=1S/C12H14FN3/c1-8-5-10(3-4-11(8)13)7-16-9(2)6-15-12(16)14/h3-6H,7H2,1-2H3,(H2,14,15). The predicted octanol–water partition coefficient (Wildman–Crippen LogP) is 2.27. The molecule has 0 fully saturated rings. The van der Waals surface area contributed by atoms with E-state index >= 15 is 0 Å². The molecular formula is C12H14FN3. The summed E-state index contributed by atoms with van der Waals surface area (Å²) in [5, 5.41) is 0. The molecule has 3 nitrogen and oxygen atoms in total. The highest BCUT2D eigenvalue weighted by molar-refractivity contribution is 5.28. The first-order valence-electron chi connectivity index (χ1n) is 5.10. The molecule has 0 atom stereocenters. The Hall–Kier alpha value is -1.84. The van der Waals surface area contributed by atoms with Crippen molar-refractivity contribution in [1.82, 2.24) is 9.55 Å². The molecule has 16 heavy (non-hydrogen) atoms. The molecule has 0 saturated carbocycles. The fourth-order valence-electron chi connectivity index (χ4n) is 1.67. The predicted molar refractivity (Wildman–Crippen MR) is 61.6 cm³/mol. The van der Waals surface area contributed by atoms with Gasteiger partial charge in [0, 0.05) is 5.69 Å². The first kappa shape index (κ1) is 10.7. The topological polar surface area (TPSA) is 43.8 Å². The van der Waals surface area contributed by atoms with Crippen molar-refractivity contribution in [2.45, 2.75) is 20.4 Å². The molecule has 0 amide bonds. The van der Waals surface area contributed by atoms with Crippen molar-refractivity contribution < 1.29 is 4.39 Å². The van der Waals surface area contributed by atoms with Crippen molar-refractivity contribution in [1.29, 1.82) is 0 Å². The number of hydrogen-bond acceptors (Lipinski definition) is 2. The van der Waals surface area contributed by atoms with Crippen molar-refractivity contribution >= 4 is 5.95 Å². The number of rotatable bonds is 2. The SMILES string of the molecule is Cc1cc(Cn2c(C)cnc2N)ccc1F. The average molecular weight is 219 g/mol. The number of halogens is 1. The van der Waals surface area contributed by atoms with Crippen LogP contribution in [-0.2, 0) is 6.54 Å². The maximum absolute atomic E-state index is 13.1. The van der Waals surface area contributed by atoms with Crippen LogP contribution < -0.4 is 5.73 Å². The molecule has 84 valence electrons. The number of nitrogens with zero attached hydrogens (tertiary/aromatic N) is 2. The van der Waals surface area contributed by atoms with Gasteiger partial charge in [0.25, 0.3) is 0 Å². The Morgan fingerprint density at radius 1 is 1.38 bits per heavy atom. The van der Waals surface area contributed by atoms with Crippen molar-refractivity contribution in [3.63, 3.8) is 0 Å². The van der Waals surface area contributed by atoms with Crippen LogP contribution in [0.2, 0.25) is 0 Å². The lowest BCUT2D eigenvalue weighted by atomic mass is 10.1. The minimum atomic E-state index is -0.181.